The second-order valence-electron chi connectivity index (χ2n) is 7.78. The van der Waals surface area contributed by atoms with Crippen molar-refractivity contribution in [1.29, 1.82) is 0 Å². The predicted molar refractivity (Wildman–Crippen MR) is 140 cm³/mol. The first-order chi connectivity index (χ1) is 18.8. The van der Waals surface area contributed by atoms with E-state index in [0.29, 0.717) is 33.4 Å². The van der Waals surface area contributed by atoms with Gasteiger partial charge in [-0.15, -0.1) is 0 Å². The third-order valence-corrected chi connectivity index (χ3v) is 5.46. The molecule has 0 atom stereocenters. The average molecular weight is 529 g/mol. The summed E-state index contributed by atoms with van der Waals surface area (Å²) in [5.74, 6) is -2.51. The maximum absolute atomic E-state index is 11.8. The lowest BCUT2D eigenvalue weighted by molar-refractivity contribution is 0.0587. The van der Waals surface area contributed by atoms with Crippen molar-refractivity contribution >= 4 is 23.9 Å². The maximum atomic E-state index is 11.8. The van der Waals surface area contributed by atoms with Crippen molar-refractivity contribution in [3.8, 4) is 22.3 Å². The van der Waals surface area contributed by atoms with Crippen LogP contribution >= 0.6 is 0 Å². The number of carbonyl (C=O) groups excluding carboxylic acids is 3. The molecule has 39 heavy (non-hydrogen) atoms. The second-order valence-corrected chi connectivity index (χ2v) is 7.78. The van der Waals surface area contributed by atoms with Gasteiger partial charge in [-0.1, -0.05) is 12.1 Å². The third kappa shape index (κ3) is 6.89. The van der Waals surface area contributed by atoms with Crippen LogP contribution in [-0.4, -0.2) is 60.3 Å². The Hall–Kier alpha value is -5.38. The lowest BCUT2D eigenvalue weighted by Crippen LogP contribution is -2.07. The Morgan fingerprint density at radius 3 is 1.44 bits per heavy atom. The lowest BCUT2D eigenvalue weighted by Gasteiger charge is -2.09. The van der Waals surface area contributed by atoms with Gasteiger partial charge >= 0.3 is 23.9 Å². The standard InChI is InChI=1S/C15H13NO4.C14H11NO4/c1-19-14(17)10-5-6-12(15(18)20-2)13(8-10)11-4-3-7-16-9-11;1-19-14(18)11-5-4-9(13(16)17)7-12(11)10-3-2-6-15-8-10/h3-9H,1-2H3;2-8H,1H3,(H,16,17). The topological polar surface area (TPSA) is 142 Å². The number of rotatable bonds is 6. The summed E-state index contributed by atoms with van der Waals surface area (Å²) in [7, 11) is 3.89. The number of pyridine rings is 2. The zero-order chi connectivity index (χ0) is 28.4. The fourth-order valence-electron chi connectivity index (χ4n) is 3.56. The van der Waals surface area contributed by atoms with Crippen molar-refractivity contribution < 1.29 is 38.5 Å². The number of hydrogen-bond donors (Lipinski definition) is 1. The summed E-state index contributed by atoms with van der Waals surface area (Å²) in [5, 5.41) is 9.01. The molecule has 4 aromatic rings. The van der Waals surface area contributed by atoms with Gasteiger partial charge < -0.3 is 19.3 Å². The highest BCUT2D eigenvalue weighted by molar-refractivity contribution is 6.01. The number of aromatic carboxylic acids is 1. The lowest BCUT2D eigenvalue weighted by atomic mass is 9.98. The number of hydrogen-bond acceptors (Lipinski definition) is 9. The van der Waals surface area contributed by atoms with E-state index in [1.165, 1.54) is 45.6 Å². The quantitative estimate of drug-likeness (QED) is 0.280. The van der Waals surface area contributed by atoms with Crippen molar-refractivity contribution in [3.63, 3.8) is 0 Å². The molecule has 0 spiro atoms. The van der Waals surface area contributed by atoms with Gasteiger partial charge in [0.25, 0.3) is 0 Å². The first kappa shape index (κ1) is 28.2. The molecule has 10 nitrogen and oxygen atoms in total. The van der Waals surface area contributed by atoms with E-state index in [1.54, 1.807) is 61.2 Å². The normalized spacial score (nSPS) is 9.92. The summed E-state index contributed by atoms with van der Waals surface area (Å²) >= 11 is 0. The Balaban J connectivity index is 0.000000216. The van der Waals surface area contributed by atoms with Crippen molar-refractivity contribution in [2.45, 2.75) is 0 Å². The average Bonchev–Trinajstić information content (AvgIpc) is 3.00. The smallest absolute Gasteiger partial charge is 0.338 e. The zero-order valence-electron chi connectivity index (χ0n) is 21.3. The number of carbonyl (C=O) groups is 4. The van der Waals surface area contributed by atoms with Gasteiger partial charge in [0.05, 0.1) is 43.6 Å². The van der Waals surface area contributed by atoms with Crippen LogP contribution in [0.25, 0.3) is 22.3 Å². The minimum absolute atomic E-state index is 0.103. The van der Waals surface area contributed by atoms with Gasteiger partial charge in [-0.05, 0) is 59.7 Å². The molecule has 0 amide bonds. The summed E-state index contributed by atoms with van der Waals surface area (Å²) in [6, 6.07) is 15.9. The van der Waals surface area contributed by atoms with Gasteiger partial charge in [-0.25, -0.2) is 19.2 Å². The van der Waals surface area contributed by atoms with Gasteiger partial charge in [0.2, 0.25) is 0 Å². The SMILES string of the molecule is COC(=O)c1ccc(C(=O)O)cc1-c1cccnc1.COC(=O)c1ccc(C(=O)OC)c(-c2cccnc2)c1. The van der Waals surface area contributed by atoms with E-state index in [-0.39, 0.29) is 5.56 Å². The van der Waals surface area contributed by atoms with Gasteiger partial charge in [0.15, 0.2) is 0 Å². The molecule has 0 bridgehead atoms. The van der Waals surface area contributed by atoms with Crippen LogP contribution in [0.1, 0.15) is 41.4 Å². The van der Waals surface area contributed by atoms with E-state index >= 15 is 0 Å². The van der Waals surface area contributed by atoms with Crippen molar-refractivity contribution in [3.05, 3.63) is 108 Å². The molecule has 2 aromatic heterocycles. The molecule has 2 aromatic carbocycles. The summed E-state index contributed by atoms with van der Waals surface area (Å²) in [6.45, 7) is 0. The van der Waals surface area contributed by atoms with Gasteiger partial charge in [0, 0.05) is 35.9 Å². The molecule has 4 rings (SSSR count). The highest BCUT2D eigenvalue weighted by atomic mass is 16.5. The van der Waals surface area contributed by atoms with Crippen molar-refractivity contribution in [2.24, 2.45) is 0 Å². The Morgan fingerprint density at radius 1 is 0.615 bits per heavy atom. The molecule has 1 N–H and O–H groups in total. The Kier molecular flexibility index (Phi) is 9.58. The molecule has 0 aliphatic carbocycles. The van der Waals surface area contributed by atoms with Crippen LogP contribution in [0.4, 0.5) is 0 Å². The van der Waals surface area contributed by atoms with E-state index in [2.05, 4.69) is 14.7 Å². The van der Waals surface area contributed by atoms with Crippen LogP contribution in [0.3, 0.4) is 0 Å². The Bertz CT molecular complexity index is 1490. The number of aromatic nitrogens is 2. The molecular weight excluding hydrogens is 504 g/mol. The number of carboxylic acid groups (broad SMARTS) is 1. The van der Waals surface area contributed by atoms with E-state index in [0.717, 1.165) is 5.56 Å². The largest absolute Gasteiger partial charge is 0.478 e. The van der Waals surface area contributed by atoms with Crippen LogP contribution in [-0.2, 0) is 14.2 Å². The number of methoxy groups -OCH3 is 3. The summed E-state index contributed by atoms with van der Waals surface area (Å²) < 4.78 is 14.1. The van der Waals surface area contributed by atoms with Crippen molar-refractivity contribution in [2.75, 3.05) is 21.3 Å². The van der Waals surface area contributed by atoms with Crippen LogP contribution in [0.2, 0.25) is 0 Å². The Morgan fingerprint density at radius 2 is 1.05 bits per heavy atom. The van der Waals surface area contributed by atoms with E-state index in [1.807, 2.05) is 0 Å². The highest BCUT2D eigenvalue weighted by Crippen LogP contribution is 2.26. The molecule has 2 heterocycles. The molecule has 0 aliphatic heterocycles. The molecule has 0 fully saturated rings. The minimum Gasteiger partial charge on any atom is -0.478 e. The molecular formula is C29H24N2O8. The number of esters is 3. The number of nitrogens with zero attached hydrogens (tertiary/aromatic N) is 2. The molecule has 0 saturated heterocycles. The van der Waals surface area contributed by atoms with E-state index in [4.69, 9.17) is 14.6 Å². The first-order valence-corrected chi connectivity index (χ1v) is 11.4. The molecule has 10 heteroatoms. The zero-order valence-corrected chi connectivity index (χ0v) is 21.3. The second kappa shape index (κ2) is 13.2. The van der Waals surface area contributed by atoms with Crippen LogP contribution < -0.4 is 0 Å². The summed E-state index contributed by atoms with van der Waals surface area (Å²) in [4.78, 5) is 54.1. The molecule has 0 unspecified atom stereocenters. The predicted octanol–water partition coefficient (Wildman–Crippen LogP) is 4.56. The van der Waals surface area contributed by atoms with Crippen LogP contribution in [0, 0.1) is 0 Å². The van der Waals surface area contributed by atoms with Crippen molar-refractivity contribution in [1.82, 2.24) is 9.97 Å². The molecule has 0 aliphatic rings. The first-order valence-electron chi connectivity index (χ1n) is 11.4. The highest BCUT2D eigenvalue weighted by Gasteiger charge is 2.17. The number of ether oxygens (including phenoxy) is 3. The van der Waals surface area contributed by atoms with E-state index in [9.17, 15) is 19.2 Å². The number of benzene rings is 2. The maximum Gasteiger partial charge on any atom is 0.338 e. The molecule has 0 saturated carbocycles. The number of carboxylic acids is 1. The molecule has 198 valence electrons. The Labute approximate surface area is 223 Å². The molecule has 0 radical (unpaired) electrons. The van der Waals surface area contributed by atoms with E-state index < -0.39 is 23.9 Å². The minimum atomic E-state index is -1.05. The van der Waals surface area contributed by atoms with Gasteiger partial charge in [-0.3, -0.25) is 9.97 Å². The summed E-state index contributed by atoms with van der Waals surface area (Å²) in [6.07, 6.45) is 6.41. The van der Waals surface area contributed by atoms with Crippen LogP contribution in [0.5, 0.6) is 0 Å². The van der Waals surface area contributed by atoms with Crippen LogP contribution in [0.15, 0.2) is 85.5 Å². The fraction of sp³-hybridized carbons (Fsp3) is 0.103. The monoisotopic (exact) mass is 528 g/mol. The fourth-order valence-corrected chi connectivity index (χ4v) is 3.56. The summed E-state index contributed by atoms with van der Waals surface area (Å²) in [5.41, 5.74) is 3.58. The third-order valence-electron chi connectivity index (χ3n) is 5.46. The van der Waals surface area contributed by atoms with Gasteiger partial charge in [-0.2, -0.15) is 0 Å². The van der Waals surface area contributed by atoms with Gasteiger partial charge in [0.1, 0.15) is 0 Å².